The van der Waals surface area contributed by atoms with Crippen molar-refractivity contribution in [2.24, 2.45) is 0 Å². The number of hydrogen-bond donors (Lipinski definition) is 0. The Kier molecular flexibility index (Phi) is 6.00. The van der Waals surface area contributed by atoms with Gasteiger partial charge >= 0.3 is 12.2 Å². The first kappa shape index (κ1) is 23.2. The highest BCUT2D eigenvalue weighted by molar-refractivity contribution is 7.93. The SMILES string of the molecule is COc1nccc(N(c2ccc(C(F)(F)F)cc2OC)S(=O)(=O)c2ccc3cnccc3c2)n1. The summed E-state index contributed by atoms with van der Waals surface area (Å²) in [5.74, 6) is -0.472. The van der Waals surface area contributed by atoms with Crippen LogP contribution in [0.15, 0.2) is 72.0 Å². The highest BCUT2D eigenvalue weighted by Crippen LogP contribution is 2.41. The second-order valence-corrected chi connectivity index (χ2v) is 8.73. The van der Waals surface area contributed by atoms with E-state index in [0.29, 0.717) is 10.8 Å². The maximum Gasteiger partial charge on any atom is 0.416 e. The third-order valence-electron chi connectivity index (χ3n) is 4.89. The number of benzene rings is 2. The van der Waals surface area contributed by atoms with Crippen LogP contribution in [0.1, 0.15) is 5.56 Å². The standard InChI is InChI=1S/C22H17F3N4O4S/c1-32-19-12-16(22(23,24)25)4-6-18(19)29(20-8-10-27-21(28-20)33-2)34(30,31)17-5-3-15-13-26-9-7-14(15)11-17/h3-13H,1-2H3. The summed E-state index contributed by atoms with van der Waals surface area (Å²) in [5.41, 5.74) is -1.17. The minimum atomic E-state index is -4.65. The first-order valence-electron chi connectivity index (χ1n) is 9.66. The minimum absolute atomic E-state index is 0.120. The average molecular weight is 490 g/mol. The van der Waals surface area contributed by atoms with Crippen LogP contribution in [-0.2, 0) is 16.2 Å². The topological polar surface area (TPSA) is 94.5 Å². The average Bonchev–Trinajstić information content (AvgIpc) is 2.83. The summed E-state index contributed by atoms with van der Waals surface area (Å²) in [6.07, 6.45) is -0.283. The molecule has 0 aliphatic heterocycles. The Morgan fingerprint density at radius 1 is 0.912 bits per heavy atom. The number of halogens is 3. The van der Waals surface area contributed by atoms with E-state index in [1.54, 1.807) is 18.3 Å². The van der Waals surface area contributed by atoms with Gasteiger partial charge < -0.3 is 9.47 Å². The smallest absolute Gasteiger partial charge is 0.416 e. The number of alkyl halides is 3. The van der Waals surface area contributed by atoms with Gasteiger partial charge in [-0.25, -0.2) is 17.7 Å². The lowest BCUT2D eigenvalue weighted by Gasteiger charge is -2.26. The molecule has 0 saturated heterocycles. The fraction of sp³-hybridized carbons (Fsp3) is 0.136. The summed E-state index contributed by atoms with van der Waals surface area (Å²) in [7, 11) is -1.95. The van der Waals surface area contributed by atoms with Crippen molar-refractivity contribution in [3.63, 3.8) is 0 Å². The van der Waals surface area contributed by atoms with Crippen LogP contribution in [0, 0.1) is 0 Å². The van der Waals surface area contributed by atoms with Crippen molar-refractivity contribution in [3.8, 4) is 11.8 Å². The van der Waals surface area contributed by atoms with E-state index >= 15 is 0 Å². The first-order valence-corrected chi connectivity index (χ1v) is 11.1. The Bertz CT molecular complexity index is 1460. The number of rotatable bonds is 6. The first-order chi connectivity index (χ1) is 16.1. The van der Waals surface area contributed by atoms with Crippen LogP contribution in [0.4, 0.5) is 24.7 Å². The van der Waals surface area contributed by atoms with Crippen molar-refractivity contribution in [1.29, 1.82) is 0 Å². The fourth-order valence-electron chi connectivity index (χ4n) is 3.27. The van der Waals surface area contributed by atoms with Gasteiger partial charge in [-0.05, 0) is 41.8 Å². The van der Waals surface area contributed by atoms with Gasteiger partial charge in [-0.3, -0.25) is 4.98 Å². The molecule has 12 heteroatoms. The van der Waals surface area contributed by atoms with Crippen molar-refractivity contribution >= 4 is 32.3 Å². The summed E-state index contributed by atoms with van der Waals surface area (Å²) in [6.45, 7) is 0. The van der Waals surface area contributed by atoms with Crippen LogP contribution in [0.25, 0.3) is 10.8 Å². The number of hydrogen-bond acceptors (Lipinski definition) is 7. The summed E-state index contributed by atoms with van der Waals surface area (Å²) in [4.78, 5) is 11.9. The second kappa shape index (κ2) is 8.78. The number of aromatic nitrogens is 3. The lowest BCUT2D eigenvalue weighted by atomic mass is 10.2. The van der Waals surface area contributed by atoms with E-state index in [1.165, 1.54) is 37.7 Å². The Morgan fingerprint density at radius 2 is 1.71 bits per heavy atom. The molecule has 0 N–H and O–H groups in total. The molecule has 2 heterocycles. The van der Waals surface area contributed by atoms with Gasteiger partial charge in [0.05, 0.1) is 24.7 Å². The van der Waals surface area contributed by atoms with Gasteiger partial charge in [-0.15, -0.1) is 0 Å². The molecule has 0 atom stereocenters. The molecule has 4 aromatic rings. The molecule has 0 bridgehead atoms. The van der Waals surface area contributed by atoms with Gasteiger partial charge in [0, 0.05) is 30.0 Å². The molecule has 0 spiro atoms. The van der Waals surface area contributed by atoms with Gasteiger partial charge in [0.25, 0.3) is 10.0 Å². The Morgan fingerprint density at radius 3 is 2.41 bits per heavy atom. The van der Waals surface area contributed by atoms with Gasteiger partial charge in [-0.1, -0.05) is 6.07 Å². The van der Waals surface area contributed by atoms with E-state index < -0.39 is 21.8 Å². The van der Waals surface area contributed by atoms with Gasteiger partial charge in [0.1, 0.15) is 11.4 Å². The third-order valence-corrected chi connectivity index (χ3v) is 6.60. The lowest BCUT2D eigenvalue weighted by molar-refractivity contribution is -0.137. The van der Waals surface area contributed by atoms with E-state index in [-0.39, 0.29) is 28.2 Å². The predicted octanol–water partition coefficient (Wildman–Crippen LogP) is 4.59. The molecule has 176 valence electrons. The summed E-state index contributed by atoms with van der Waals surface area (Å²) in [6, 6.07) is 9.71. The van der Waals surface area contributed by atoms with E-state index in [2.05, 4.69) is 15.0 Å². The van der Waals surface area contributed by atoms with Crippen molar-refractivity contribution in [3.05, 3.63) is 72.7 Å². The van der Waals surface area contributed by atoms with Crippen LogP contribution in [0.2, 0.25) is 0 Å². The van der Waals surface area contributed by atoms with Crippen LogP contribution >= 0.6 is 0 Å². The number of sulfonamides is 1. The maximum absolute atomic E-state index is 13.9. The Hall–Kier alpha value is -3.93. The number of pyridine rings is 1. The zero-order valence-electron chi connectivity index (χ0n) is 17.8. The Balaban J connectivity index is 1.96. The molecule has 0 fully saturated rings. The van der Waals surface area contributed by atoms with Crippen LogP contribution < -0.4 is 13.8 Å². The number of ether oxygens (including phenoxy) is 2. The maximum atomic E-state index is 13.9. The van der Waals surface area contributed by atoms with Crippen LogP contribution in [0.5, 0.6) is 11.8 Å². The molecule has 34 heavy (non-hydrogen) atoms. The molecule has 0 radical (unpaired) electrons. The molecular formula is C22H17F3N4O4S. The third kappa shape index (κ3) is 4.31. The molecule has 0 aliphatic rings. The van der Waals surface area contributed by atoms with E-state index in [4.69, 9.17) is 9.47 Å². The number of anilines is 2. The van der Waals surface area contributed by atoms with E-state index in [1.807, 2.05) is 0 Å². The number of nitrogens with zero attached hydrogens (tertiary/aromatic N) is 4. The second-order valence-electron chi connectivity index (χ2n) is 6.94. The van der Waals surface area contributed by atoms with E-state index in [0.717, 1.165) is 29.6 Å². The summed E-state index contributed by atoms with van der Waals surface area (Å²) < 4.78 is 78.5. The van der Waals surface area contributed by atoms with Crippen molar-refractivity contribution in [2.45, 2.75) is 11.1 Å². The highest BCUT2D eigenvalue weighted by atomic mass is 32.2. The number of methoxy groups -OCH3 is 2. The Labute approximate surface area is 192 Å². The molecule has 4 rings (SSSR count). The fourth-order valence-corrected chi connectivity index (χ4v) is 4.75. The zero-order chi connectivity index (χ0) is 24.5. The predicted molar refractivity (Wildman–Crippen MR) is 118 cm³/mol. The van der Waals surface area contributed by atoms with Crippen LogP contribution in [0.3, 0.4) is 0 Å². The summed E-state index contributed by atoms with van der Waals surface area (Å²) >= 11 is 0. The van der Waals surface area contributed by atoms with Gasteiger partial charge in [0.15, 0.2) is 5.82 Å². The van der Waals surface area contributed by atoms with E-state index in [9.17, 15) is 21.6 Å². The molecule has 2 aromatic heterocycles. The summed E-state index contributed by atoms with van der Waals surface area (Å²) in [5, 5.41) is 1.32. The normalized spacial score (nSPS) is 11.9. The van der Waals surface area contributed by atoms with Gasteiger partial charge in [-0.2, -0.15) is 18.2 Å². The van der Waals surface area contributed by atoms with Crippen LogP contribution in [-0.4, -0.2) is 37.6 Å². The molecular weight excluding hydrogens is 473 g/mol. The molecule has 8 nitrogen and oxygen atoms in total. The zero-order valence-corrected chi connectivity index (χ0v) is 18.6. The quantitative estimate of drug-likeness (QED) is 0.390. The van der Waals surface area contributed by atoms with Crippen molar-refractivity contribution < 1.29 is 31.1 Å². The van der Waals surface area contributed by atoms with Crippen molar-refractivity contribution in [2.75, 3.05) is 18.5 Å². The molecule has 0 unspecified atom stereocenters. The number of fused-ring (bicyclic) bond motifs is 1. The molecule has 2 aromatic carbocycles. The van der Waals surface area contributed by atoms with Gasteiger partial charge in [0.2, 0.25) is 0 Å². The lowest BCUT2D eigenvalue weighted by Crippen LogP contribution is -2.28. The molecule has 0 aliphatic carbocycles. The minimum Gasteiger partial charge on any atom is -0.495 e. The largest absolute Gasteiger partial charge is 0.495 e. The van der Waals surface area contributed by atoms with Crippen molar-refractivity contribution in [1.82, 2.24) is 15.0 Å². The highest BCUT2D eigenvalue weighted by Gasteiger charge is 2.35. The molecule has 0 saturated carbocycles. The molecule has 0 amide bonds. The monoisotopic (exact) mass is 490 g/mol.